The molecular formula is C11H16BNO. The third-order valence-corrected chi connectivity index (χ3v) is 2.35. The van der Waals surface area contributed by atoms with E-state index in [1.54, 1.807) is 7.85 Å². The summed E-state index contributed by atoms with van der Waals surface area (Å²) in [5.74, 6) is 0.0179. The summed E-state index contributed by atoms with van der Waals surface area (Å²) in [4.78, 5) is 10.8. The molecule has 0 aliphatic rings. The standard InChI is InChI=1S/C11H16BNO/c1-7-4-8(2)10(9(3)5-7)6-13-11(12)14/h4-5H,6,12H2,1-3H3,(H,13,14). The van der Waals surface area contributed by atoms with Crippen molar-refractivity contribution in [2.75, 3.05) is 0 Å². The molecule has 0 unspecified atom stereocenters. The van der Waals surface area contributed by atoms with Gasteiger partial charge in [-0.2, -0.15) is 0 Å². The summed E-state index contributed by atoms with van der Waals surface area (Å²) in [7, 11) is 1.54. The Labute approximate surface area is 86.1 Å². The van der Waals surface area contributed by atoms with Gasteiger partial charge < -0.3 is 5.32 Å². The van der Waals surface area contributed by atoms with Crippen molar-refractivity contribution < 1.29 is 4.79 Å². The smallest absolute Gasteiger partial charge is 0.215 e. The van der Waals surface area contributed by atoms with E-state index in [9.17, 15) is 4.79 Å². The van der Waals surface area contributed by atoms with Crippen molar-refractivity contribution in [2.45, 2.75) is 27.3 Å². The molecule has 1 aromatic carbocycles. The highest BCUT2D eigenvalue weighted by molar-refractivity contribution is 6.57. The zero-order valence-electron chi connectivity index (χ0n) is 9.27. The summed E-state index contributed by atoms with van der Waals surface area (Å²) in [5, 5.41) is 2.82. The van der Waals surface area contributed by atoms with E-state index >= 15 is 0 Å². The first-order valence-electron chi connectivity index (χ1n) is 4.82. The Morgan fingerprint density at radius 3 is 2.21 bits per heavy atom. The van der Waals surface area contributed by atoms with Gasteiger partial charge in [0.05, 0.1) is 0 Å². The second-order valence-electron chi connectivity index (χ2n) is 3.79. The fourth-order valence-electron chi connectivity index (χ4n) is 1.70. The maximum absolute atomic E-state index is 10.8. The number of hydrogen-bond acceptors (Lipinski definition) is 1. The van der Waals surface area contributed by atoms with Crippen LogP contribution in [0.1, 0.15) is 22.3 Å². The second-order valence-corrected chi connectivity index (χ2v) is 3.79. The van der Waals surface area contributed by atoms with Crippen LogP contribution < -0.4 is 5.32 Å². The van der Waals surface area contributed by atoms with Crippen LogP contribution in [0.4, 0.5) is 4.79 Å². The first-order chi connectivity index (χ1) is 6.50. The Morgan fingerprint density at radius 1 is 1.29 bits per heavy atom. The summed E-state index contributed by atoms with van der Waals surface area (Å²) in [6.45, 7) is 6.88. The molecule has 3 heteroatoms. The zero-order chi connectivity index (χ0) is 10.7. The summed E-state index contributed by atoms with van der Waals surface area (Å²) in [6, 6.07) is 4.29. The Balaban J connectivity index is 2.91. The molecule has 0 spiro atoms. The van der Waals surface area contributed by atoms with Gasteiger partial charge in [0, 0.05) is 6.54 Å². The normalized spacial score (nSPS) is 9.93. The Morgan fingerprint density at radius 2 is 1.79 bits per heavy atom. The molecule has 0 bridgehead atoms. The average molecular weight is 189 g/mol. The highest BCUT2D eigenvalue weighted by Gasteiger charge is 2.03. The molecule has 1 N–H and O–H groups in total. The average Bonchev–Trinajstić information content (AvgIpc) is 2.01. The van der Waals surface area contributed by atoms with Gasteiger partial charge in [-0.05, 0) is 37.5 Å². The molecule has 0 saturated carbocycles. The van der Waals surface area contributed by atoms with Crippen LogP contribution in [0.25, 0.3) is 0 Å². The zero-order valence-corrected chi connectivity index (χ0v) is 9.27. The predicted molar refractivity (Wildman–Crippen MR) is 61.4 cm³/mol. The van der Waals surface area contributed by atoms with Crippen molar-refractivity contribution in [2.24, 2.45) is 0 Å². The molecule has 0 aliphatic heterocycles. The van der Waals surface area contributed by atoms with Crippen LogP contribution in [0.3, 0.4) is 0 Å². The Hall–Kier alpha value is -1.25. The Kier molecular flexibility index (Phi) is 3.34. The predicted octanol–water partition coefficient (Wildman–Crippen LogP) is 1.45. The molecule has 0 aromatic heterocycles. The molecule has 74 valence electrons. The van der Waals surface area contributed by atoms with Crippen LogP contribution in [-0.2, 0) is 6.54 Å². The highest BCUT2D eigenvalue weighted by atomic mass is 16.1. The number of hydrogen-bond donors (Lipinski definition) is 1. The van der Waals surface area contributed by atoms with E-state index in [0.717, 1.165) is 0 Å². The Bertz CT molecular complexity index is 337. The summed E-state index contributed by atoms with van der Waals surface area (Å²) in [5.41, 5.74) is 4.99. The summed E-state index contributed by atoms with van der Waals surface area (Å²) < 4.78 is 0. The van der Waals surface area contributed by atoms with Crippen molar-refractivity contribution in [1.82, 2.24) is 5.32 Å². The minimum absolute atomic E-state index is 0.0179. The van der Waals surface area contributed by atoms with Crippen LogP contribution in [0.2, 0.25) is 0 Å². The monoisotopic (exact) mass is 189 g/mol. The lowest BCUT2D eigenvalue weighted by molar-refractivity contribution is 0.259. The van der Waals surface area contributed by atoms with Gasteiger partial charge in [0.25, 0.3) is 0 Å². The summed E-state index contributed by atoms with van der Waals surface area (Å²) >= 11 is 0. The fourth-order valence-corrected chi connectivity index (χ4v) is 1.70. The van der Waals surface area contributed by atoms with Gasteiger partial charge in [0.2, 0.25) is 7.85 Å². The molecule has 0 heterocycles. The van der Waals surface area contributed by atoms with Crippen molar-refractivity contribution >= 4 is 13.7 Å². The minimum Gasteiger partial charge on any atom is -0.361 e. The van der Waals surface area contributed by atoms with E-state index in [1.165, 1.54) is 22.3 Å². The quantitative estimate of drug-likeness (QED) is 0.701. The molecule has 0 saturated heterocycles. The molecule has 0 aliphatic carbocycles. The van der Waals surface area contributed by atoms with E-state index in [4.69, 9.17) is 0 Å². The lowest BCUT2D eigenvalue weighted by Gasteiger charge is -2.11. The van der Waals surface area contributed by atoms with Crippen molar-refractivity contribution in [3.63, 3.8) is 0 Å². The van der Waals surface area contributed by atoms with Crippen molar-refractivity contribution in [3.8, 4) is 0 Å². The number of benzene rings is 1. The number of carbonyl (C=O) groups excluding carboxylic acids is 1. The number of carbonyl (C=O) groups is 1. The largest absolute Gasteiger partial charge is 0.361 e. The van der Waals surface area contributed by atoms with Gasteiger partial charge in [0.15, 0.2) is 5.81 Å². The van der Waals surface area contributed by atoms with E-state index in [2.05, 4.69) is 38.2 Å². The molecular weight excluding hydrogens is 173 g/mol. The van der Waals surface area contributed by atoms with Crippen molar-refractivity contribution in [1.29, 1.82) is 0 Å². The van der Waals surface area contributed by atoms with Crippen LogP contribution >= 0.6 is 0 Å². The maximum Gasteiger partial charge on any atom is 0.215 e. The van der Waals surface area contributed by atoms with Crippen LogP contribution in [0, 0.1) is 20.8 Å². The van der Waals surface area contributed by atoms with Gasteiger partial charge in [-0.3, -0.25) is 4.79 Å². The highest BCUT2D eigenvalue weighted by Crippen LogP contribution is 2.15. The first-order valence-corrected chi connectivity index (χ1v) is 4.82. The van der Waals surface area contributed by atoms with Gasteiger partial charge in [0.1, 0.15) is 0 Å². The van der Waals surface area contributed by atoms with E-state index < -0.39 is 0 Å². The SMILES string of the molecule is BC(=O)NCc1c(C)cc(C)cc1C. The lowest BCUT2D eigenvalue weighted by atomic mass is 9.99. The first kappa shape index (κ1) is 10.8. The molecule has 0 radical (unpaired) electrons. The number of nitrogens with one attached hydrogen (secondary N) is 1. The summed E-state index contributed by atoms with van der Waals surface area (Å²) in [6.07, 6.45) is 0. The maximum atomic E-state index is 10.8. The van der Waals surface area contributed by atoms with E-state index in [-0.39, 0.29) is 5.81 Å². The molecule has 1 aromatic rings. The topological polar surface area (TPSA) is 29.1 Å². The number of aryl methyl sites for hydroxylation is 3. The molecule has 0 atom stereocenters. The molecule has 0 fully saturated rings. The van der Waals surface area contributed by atoms with E-state index in [1.807, 2.05) is 0 Å². The molecule has 1 amide bonds. The van der Waals surface area contributed by atoms with Crippen LogP contribution in [-0.4, -0.2) is 13.7 Å². The minimum atomic E-state index is 0.0179. The van der Waals surface area contributed by atoms with Gasteiger partial charge in [-0.25, -0.2) is 0 Å². The second kappa shape index (κ2) is 4.31. The van der Waals surface area contributed by atoms with Gasteiger partial charge in [-0.1, -0.05) is 17.7 Å². The lowest BCUT2D eigenvalue weighted by Crippen LogP contribution is -2.21. The van der Waals surface area contributed by atoms with Crippen LogP contribution in [0.15, 0.2) is 12.1 Å². The number of amides is 1. The molecule has 2 nitrogen and oxygen atoms in total. The van der Waals surface area contributed by atoms with Gasteiger partial charge in [-0.15, -0.1) is 0 Å². The third-order valence-electron chi connectivity index (χ3n) is 2.35. The molecule has 1 rings (SSSR count). The number of rotatable bonds is 2. The fraction of sp³-hybridized carbons (Fsp3) is 0.364. The van der Waals surface area contributed by atoms with Crippen molar-refractivity contribution in [3.05, 3.63) is 34.4 Å². The van der Waals surface area contributed by atoms with Gasteiger partial charge >= 0.3 is 0 Å². The van der Waals surface area contributed by atoms with E-state index in [0.29, 0.717) is 6.54 Å². The molecule has 14 heavy (non-hydrogen) atoms. The third kappa shape index (κ3) is 2.62. The van der Waals surface area contributed by atoms with Crippen LogP contribution in [0.5, 0.6) is 0 Å².